The third kappa shape index (κ3) is 3.98. The Bertz CT molecular complexity index is 1060. The molecule has 1 aliphatic rings. The fraction of sp³-hybridized carbons (Fsp3) is 0.250. The van der Waals surface area contributed by atoms with Gasteiger partial charge in [0.1, 0.15) is 11.2 Å². The largest absolute Gasteiger partial charge is 0.488 e. The number of benzene rings is 1. The standard InChI is InChI=1S/C18H16BN3O4.C2H6/c23-16-14-5-2-8-20-17(14)22(10-15(16)18(24)21-12-6-7-12)13-4-1-3-11(9-13)19(25)26;1-2/h1-5,8-10,12,25-26H,6-7H2,(H,21,24);1-2H3. The summed E-state index contributed by atoms with van der Waals surface area (Å²) in [6, 6.07) is 9.96. The maximum Gasteiger partial charge on any atom is 0.488 e. The van der Waals surface area contributed by atoms with Crippen molar-refractivity contribution in [3.05, 3.63) is 64.6 Å². The van der Waals surface area contributed by atoms with Crippen molar-refractivity contribution < 1.29 is 14.8 Å². The van der Waals surface area contributed by atoms with Crippen LogP contribution in [0.2, 0.25) is 0 Å². The van der Waals surface area contributed by atoms with Crippen LogP contribution in [0.4, 0.5) is 0 Å². The van der Waals surface area contributed by atoms with Gasteiger partial charge in [0.15, 0.2) is 0 Å². The lowest BCUT2D eigenvalue weighted by Gasteiger charge is -2.13. The molecule has 0 aliphatic heterocycles. The van der Waals surface area contributed by atoms with Crippen molar-refractivity contribution in [2.75, 3.05) is 0 Å². The molecular weight excluding hydrogens is 357 g/mol. The smallest absolute Gasteiger partial charge is 0.423 e. The van der Waals surface area contributed by atoms with Crippen LogP contribution in [0.5, 0.6) is 0 Å². The van der Waals surface area contributed by atoms with E-state index in [0.29, 0.717) is 22.2 Å². The zero-order valence-electron chi connectivity index (χ0n) is 15.8. The van der Waals surface area contributed by atoms with Crippen molar-refractivity contribution >= 4 is 29.5 Å². The molecule has 2 aromatic heterocycles. The molecule has 4 rings (SSSR count). The van der Waals surface area contributed by atoms with E-state index in [1.54, 1.807) is 47.2 Å². The van der Waals surface area contributed by atoms with E-state index in [1.807, 2.05) is 13.8 Å². The van der Waals surface area contributed by atoms with Gasteiger partial charge in [-0.3, -0.25) is 9.59 Å². The van der Waals surface area contributed by atoms with Gasteiger partial charge in [-0.05, 0) is 42.6 Å². The second-order valence-corrected chi connectivity index (χ2v) is 6.33. The summed E-state index contributed by atoms with van der Waals surface area (Å²) in [7, 11) is -1.62. The molecule has 8 heteroatoms. The maximum atomic E-state index is 12.7. The topological polar surface area (TPSA) is 104 Å². The molecule has 0 unspecified atom stereocenters. The Balaban J connectivity index is 0.00000109. The van der Waals surface area contributed by atoms with Crippen LogP contribution >= 0.6 is 0 Å². The molecule has 1 amide bonds. The monoisotopic (exact) mass is 379 g/mol. The summed E-state index contributed by atoms with van der Waals surface area (Å²) in [6.07, 6.45) is 4.86. The quantitative estimate of drug-likeness (QED) is 0.587. The summed E-state index contributed by atoms with van der Waals surface area (Å²) in [6.45, 7) is 4.00. The van der Waals surface area contributed by atoms with Crippen LogP contribution in [0, 0.1) is 0 Å². The molecule has 0 saturated heterocycles. The summed E-state index contributed by atoms with van der Waals surface area (Å²) >= 11 is 0. The highest BCUT2D eigenvalue weighted by Crippen LogP contribution is 2.20. The molecule has 3 aromatic rings. The molecule has 0 bridgehead atoms. The summed E-state index contributed by atoms with van der Waals surface area (Å²) in [5.74, 6) is -0.407. The number of carbonyl (C=O) groups is 1. The lowest BCUT2D eigenvalue weighted by Crippen LogP contribution is -2.32. The van der Waals surface area contributed by atoms with Crippen molar-refractivity contribution in [3.63, 3.8) is 0 Å². The second kappa shape index (κ2) is 8.37. The summed E-state index contributed by atoms with van der Waals surface area (Å²) in [5.41, 5.74) is 0.923. The first-order valence-corrected chi connectivity index (χ1v) is 9.32. The van der Waals surface area contributed by atoms with E-state index < -0.39 is 13.0 Å². The fourth-order valence-corrected chi connectivity index (χ4v) is 2.84. The normalized spacial score (nSPS) is 12.9. The van der Waals surface area contributed by atoms with E-state index >= 15 is 0 Å². The first kappa shape index (κ1) is 19.8. The second-order valence-electron chi connectivity index (χ2n) is 6.33. The fourth-order valence-electron chi connectivity index (χ4n) is 2.84. The molecule has 0 radical (unpaired) electrons. The number of hydrogen-bond acceptors (Lipinski definition) is 5. The first-order chi connectivity index (χ1) is 13.5. The maximum absolute atomic E-state index is 12.7. The predicted octanol–water partition coefficient (Wildman–Crippen LogP) is 0.984. The van der Waals surface area contributed by atoms with Crippen LogP contribution in [0.3, 0.4) is 0 Å². The first-order valence-electron chi connectivity index (χ1n) is 9.32. The summed E-state index contributed by atoms with van der Waals surface area (Å²) in [5, 5.41) is 22.0. The van der Waals surface area contributed by atoms with Gasteiger partial charge in [-0.1, -0.05) is 26.0 Å². The zero-order valence-corrected chi connectivity index (χ0v) is 15.8. The van der Waals surface area contributed by atoms with Crippen LogP contribution < -0.4 is 16.2 Å². The van der Waals surface area contributed by atoms with E-state index in [2.05, 4.69) is 10.3 Å². The molecule has 0 spiro atoms. The minimum absolute atomic E-state index is 0.0346. The Morgan fingerprint density at radius 2 is 1.96 bits per heavy atom. The Morgan fingerprint density at radius 1 is 1.21 bits per heavy atom. The number of fused-ring (bicyclic) bond motifs is 1. The Hall–Kier alpha value is -2.97. The number of rotatable bonds is 4. The molecule has 7 nitrogen and oxygen atoms in total. The molecule has 2 heterocycles. The van der Waals surface area contributed by atoms with Crippen molar-refractivity contribution in [2.45, 2.75) is 32.7 Å². The zero-order chi connectivity index (χ0) is 20.3. The number of carbonyl (C=O) groups excluding carboxylic acids is 1. The van der Waals surface area contributed by atoms with Gasteiger partial charge in [0.2, 0.25) is 5.43 Å². The van der Waals surface area contributed by atoms with Crippen LogP contribution in [-0.2, 0) is 0 Å². The Labute approximate surface area is 162 Å². The molecule has 3 N–H and O–H groups in total. The lowest BCUT2D eigenvalue weighted by molar-refractivity contribution is 0.0949. The van der Waals surface area contributed by atoms with Crippen LogP contribution in [0.25, 0.3) is 16.7 Å². The highest BCUT2D eigenvalue weighted by molar-refractivity contribution is 6.58. The predicted molar refractivity (Wildman–Crippen MR) is 109 cm³/mol. The number of nitrogens with zero attached hydrogens (tertiary/aromatic N) is 2. The molecule has 1 aliphatic carbocycles. The van der Waals surface area contributed by atoms with Gasteiger partial charge in [-0.15, -0.1) is 0 Å². The van der Waals surface area contributed by atoms with Crippen LogP contribution in [-0.4, -0.2) is 38.7 Å². The van der Waals surface area contributed by atoms with Crippen molar-refractivity contribution in [1.82, 2.24) is 14.9 Å². The molecule has 0 atom stereocenters. The minimum atomic E-state index is -1.62. The molecule has 28 heavy (non-hydrogen) atoms. The average molecular weight is 379 g/mol. The summed E-state index contributed by atoms with van der Waals surface area (Å²) < 4.78 is 1.62. The number of aromatic nitrogens is 2. The van der Waals surface area contributed by atoms with E-state index in [0.717, 1.165) is 12.8 Å². The number of nitrogens with one attached hydrogen (secondary N) is 1. The number of pyridine rings is 2. The molecular formula is C20H22BN3O4. The Morgan fingerprint density at radius 3 is 2.64 bits per heavy atom. The van der Waals surface area contributed by atoms with Gasteiger partial charge in [-0.2, -0.15) is 0 Å². The van der Waals surface area contributed by atoms with Crippen molar-refractivity contribution in [2.24, 2.45) is 0 Å². The van der Waals surface area contributed by atoms with Gasteiger partial charge in [0, 0.05) is 24.1 Å². The number of hydrogen-bond donors (Lipinski definition) is 3. The lowest BCUT2D eigenvalue weighted by atomic mass is 9.80. The third-order valence-corrected chi connectivity index (χ3v) is 4.37. The molecule has 144 valence electrons. The number of amides is 1. The van der Waals surface area contributed by atoms with Gasteiger partial charge in [-0.25, -0.2) is 4.98 Å². The highest BCUT2D eigenvalue weighted by Gasteiger charge is 2.26. The van der Waals surface area contributed by atoms with Crippen molar-refractivity contribution in [1.29, 1.82) is 0 Å². The van der Waals surface area contributed by atoms with Crippen molar-refractivity contribution in [3.8, 4) is 5.69 Å². The highest BCUT2D eigenvalue weighted by atomic mass is 16.4. The van der Waals surface area contributed by atoms with Gasteiger partial charge >= 0.3 is 7.12 Å². The van der Waals surface area contributed by atoms with Gasteiger partial charge < -0.3 is 19.9 Å². The van der Waals surface area contributed by atoms with Gasteiger partial charge in [0.25, 0.3) is 5.91 Å². The summed E-state index contributed by atoms with van der Waals surface area (Å²) in [4.78, 5) is 29.5. The molecule has 1 fully saturated rings. The minimum Gasteiger partial charge on any atom is -0.423 e. The van der Waals surface area contributed by atoms with E-state index in [4.69, 9.17) is 0 Å². The van der Waals surface area contributed by atoms with E-state index in [-0.39, 0.29) is 17.0 Å². The van der Waals surface area contributed by atoms with E-state index in [1.165, 1.54) is 6.20 Å². The SMILES string of the molecule is CC.O=C(NC1CC1)c1cn(-c2cccc(B(O)O)c2)c2ncccc2c1=O. The Kier molecular flexibility index (Phi) is 5.91. The molecule has 1 saturated carbocycles. The van der Waals surface area contributed by atoms with Crippen LogP contribution in [0.1, 0.15) is 37.0 Å². The average Bonchev–Trinajstić information content (AvgIpc) is 3.54. The van der Waals surface area contributed by atoms with Crippen LogP contribution in [0.15, 0.2) is 53.6 Å². The van der Waals surface area contributed by atoms with E-state index in [9.17, 15) is 19.6 Å². The van der Waals surface area contributed by atoms with Gasteiger partial charge in [0.05, 0.1) is 5.39 Å². The molecule has 1 aromatic carbocycles. The third-order valence-electron chi connectivity index (χ3n) is 4.37.